The van der Waals surface area contributed by atoms with E-state index in [4.69, 9.17) is 5.73 Å². The third-order valence-corrected chi connectivity index (χ3v) is 4.68. The molecule has 1 heterocycles. The van der Waals surface area contributed by atoms with E-state index in [0.717, 1.165) is 22.3 Å². The molecule has 2 aliphatic rings. The monoisotopic (exact) mass is 337 g/mol. The number of hydrogen-bond acceptors (Lipinski definition) is 3. The molecule has 1 atom stereocenters. The first-order valence-electron chi connectivity index (χ1n) is 7.28. The molecule has 1 aromatic rings. The van der Waals surface area contributed by atoms with Gasteiger partial charge in [0.1, 0.15) is 6.04 Å². The van der Waals surface area contributed by atoms with E-state index in [2.05, 4.69) is 39.1 Å². The molecule has 0 saturated heterocycles. The van der Waals surface area contributed by atoms with Gasteiger partial charge < -0.3 is 16.0 Å². The maximum atomic E-state index is 11.7. The molecular formula is C15H20BrN3O. The van der Waals surface area contributed by atoms with E-state index in [1.807, 2.05) is 6.07 Å². The predicted molar refractivity (Wildman–Crippen MR) is 85.0 cm³/mol. The number of amides is 1. The van der Waals surface area contributed by atoms with E-state index in [9.17, 15) is 4.79 Å². The Labute approximate surface area is 127 Å². The van der Waals surface area contributed by atoms with Gasteiger partial charge in [-0.25, -0.2) is 0 Å². The number of hydrogen-bond donors (Lipinski definition) is 2. The molecule has 20 heavy (non-hydrogen) atoms. The van der Waals surface area contributed by atoms with Crippen LogP contribution in [0.3, 0.4) is 0 Å². The molecule has 0 aromatic heterocycles. The lowest BCUT2D eigenvalue weighted by Gasteiger charge is -2.26. The Kier molecular flexibility index (Phi) is 3.73. The van der Waals surface area contributed by atoms with Crippen LogP contribution in [0.15, 0.2) is 16.6 Å². The number of unbranched alkanes of at least 4 members (excludes halogenated alkanes) is 1. The SMILES string of the molecule is CCCCN(c1cc2c(cc1Br)C(N)C(=O)N2)C1CC1. The van der Waals surface area contributed by atoms with E-state index >= 15 is 0 Å². The maximum Gasteiger partial charge on any atom is 0.245 e. The van der Waals surface area contributed by atoms with E-state index < -0.39 is 6.04 Å². The van der Waals surface area contributed by atoms with Gasteiger partial charge in [0.05, 0.1) is 5.69 Å². The molecular weight excluding hydrogens is 318 g/mol. The van der Waals surface area contributed by atoms with E-state index in [0.29, 0.717) is 6.04 Å². The van der Waals surface area contributed by atoms with Crippen LogP contribution >= 0.6 is 15.9 Å². The van der Waals surface area contributed by atoms with Gasteiger partial charge in [-0.15, -0.1) is 0 Å². The molecule has 1 saturated carbocycles. The zero-order valence-corrected chi connectivity index (χ0v) is 13.2. The van der Waals surface area contributed by atoms with Crippen molar-refractivity contribution in [3.05, 3.63) is 22.2 Å². The minimum absolute atomic E-state index is 0.115. The summed E-state index contributed by atoms with van der Waals surface area (Å²) in [7, 11) is 0. The van der Waals surface area contributed by atoms with Gasteiger partial charge in [-0.3, -0.25) is 4.79 Å². The van der Waals surface area contributed by atoms with Gasteiger partial charge in [0.2, 0.25) is 5.91 Å². The van der Waals surface area contributed by atoms with Crippen LogP contribution in [0.5, 0.6) is 0 Å². The van der Waals surface area contributed by atoms with Crippen molar-refractivity contribution in [2.24, 2.45) is 5.73 Å². The summed E-state index contributed by atoms with van der Waals surface area (Å²) >= 11 is 3.65. The highest BCUT2D eigenvalue weighted by molar-refractivity contribution is 9.10. The third-order valence-electron chi connectivity index (χ3n) is 4.04. The summed E-state index contributed by atoms with van der Waals surface area (Å²) in [5, 5.41) is 2.87. The van der Waals surface area contributed by atoms with Crippen molar-refractivity contribution in [2.45, 2.75) is 44.7 Å². The molecule has 3 N–H and O–H groups in total. The van der Waals surface area contributed by atoms with Crippen molar-refractivity contribution in [2.75, 3.05) is 16.8 Å². The van der Waals surface area contributed by atoms with Crippen molar-refractivity contribution in [3.8, 4) is 0 Å². The zero-order valence-electron chi connectivity index (χ0n) is 11.7. The molecule has 0 radical (unpaired) electrons. The topological polar surface area (TPSA) is 58.4 Å². The molecule has 1 aliphatic carbocycles. The largest absolute Gasteiger partial charge is 0.368 e. The summed E-state index contributed by atoms with van der Waals surface area (Å²) in [6, 6.07) is 4.18. The molecule has 108 valence electrons. The van der Waals surface area contributed by atoms with Crippen molar-refractivity contribution < 1.29 is 4.79 Å². The first-order valence-corrected chi connectivity index (χ1v) is 8.07. The number of nitrogens with zero attached hydrogens (tertiary/aromatic N) is 1. The van der Waals surface area contributed by atoms with Crippen molar-refractivity contribution >= 4 is 33.2 Å². The number of carbonyl (C=O) groups is 1. The number of halogens is 1. The van der Waals surface area contributed by atoms with Gasteiger partial charge in [-0.1, -0.05) is 13.3 Å². The van der Waals surface area contributed by atoms with E-state index in [1.165, 1.54) is 31.4 Å². The van der Waals surface area contributed by atoms with Crippen LogP contribution in [0.1, 0.15) is 44.2 Å². The third kappa shape index (κ3) is 2.44. The van der Waals surface area contributed by atoms with Gasteiger partial charge in [0.15, 0.2) is 0 Å². The first-order chi connectivity index (χ1) is 9.61. The summed E-state index contributed by atoms with van der Waals surface area (Å²) in [5.74, 6) is -0.115. The van der Waals surface area contributed by atoms with Crippen LogP contribution in [0, 0.1) is 0 Å². The van der Waals surface area contributed by atoms with Crippen LogP contribution < -0.4 is 16.0 Å². The standard InChI is InChI=1S/C15H20BrN3O/c1-2-3-6-19(9-4-5-9)13-8-12-10(7-11(13)16)14(17)15(20)18-12/h7-9,14H,2-6,17H2,1H3,(H,18,20). The second-order valence-corrected chi connectivity index (χ2v) is 6.49. The Morgan fingerprint density at radius 2 is 2.20 bits per heavy atom. The van der Waals surface area contributed by atoms with Crippen LogP contribution in [-0.4, -0.2) is 18.5 Å². The number of benzene rings is 1. The summed E-state index contributed by atoms with van der Waals surface area (Å²) < 4.78 is 1.03. The van der Waals surface area contributed by atoms with E-state index in [1.54, 1.807) is 0 Å². The fourth-order valence-electron chi connectivity index (χ4n) is 2.73. The van der Waals surface area contributed by atoms with Gasteiger partial charge in [-0.2, -0.15) is 0 Å². The Bertz CT molecular complexity index is 542. The molecule has 4 nitrogen and oxygen atoms in total. The molecule has 5 heteroatoms. The lowest BCUT2D eigenvalue weighted by atomic mass is 10.1. The van der Waals surface area contributed by atoms with Crippen molar-refractivity contribution in [3.63, 3.8) is 0 Å². The normalized spacial score (nSPS) is 20.8. The second-order valence-electron chi connectivity index (χ2n) is 5.64. The maximum absolute atomic E-state index is 11.7. The molecule has 1 unspecified atom stereocenters. The summed E-state index contributed by atoms with van der Waals surface area (Å²) in [6.07, 6.45) is 4.90. The highest BCUT2D eigenvalue weighted by atomic mass is 79.9. The predicted octanol–water partition coefficient (Wildman–Crippen LogP) is 3.17. The number of anilines is 2. The quantitative estimate of drug-likeness (QED) is 0.867. The fourth-order valence-corrected chi connectivity index (χ4v) is 3.32. The minimum Gasteiger partial charge on any atom is -0.368 e. The van der Waals surface area contributed by atoms with Crippen LogP contribution in [0.2, 0.25) is 0 Å². The van der Waals surface area contributed by atoms with Gasteiger partial charge in [-0.05, 0) is 47.3 Å². The van der Waals surface area contributed by atoms with Crippen molar-refractivity contribution in [1.82, 2.24) is 0 Å². The lowest BCUT2D eigenvalue weighted by molar-refractivity contribution is -0.116. The smallest absolute Gasteiger partial charge is 0.245 e. The molecule has 0 bridgehead atoms. The molecule has 1 fully saturated rings. The Hall–Kier alpha value is -1.07. The van der Waals surface area contributed by atoms with Crippen LogP contribution in [0.25, 0.3) is 0 Å². The molecule has 1 amide bonds. The first kappa shape index (κ1) is 13.9. The minimum atomic E-state index is -0.541. The summed E-state index contributed by atoms with van der Waals surface area (Å²) in [6.45, 7) is 3.28. The number of nitrogens with one attached hydrogen (secondary N) is 1. The molecule has 1 aliphatic heterocycles. The van der Waals surface area contributed by atoms with Gasteiger partial charge in [0.25, 0.3) is 0 Å². The van der Waals surface area contributed by atoms with Gasteiger partial charge in [0, 0.05) is 28.3 Å². The summed E-state index contributed by atoms with van der Waals surface area (Å²) in [5.41, 5.74) is 8.82. The lowest BCUT2D eigenvalue weighted by Crippen LogP contribution is -2.27. The molecule has 1 aromatic carbocycles. The zero-order chi connectivity index (χ0) is 14.3. The average molecular weight is 338 g/mol. The van der Waals surface area contributed by atoms with Crippen LogP contribution in [-0.2, 0) is 4.79 Å². The number of carbonyl (C=O) groups excluding carboxylic acids is 1. The Morgan fingerprint density at radius 3 is 2.85 bits per heavy atom. The van der Waals surface area contributed by atoms with E-state index in [-0.39, 0.29) is 5.91 Å². The molecule has 0 spiro atoms. The van der Waals surface area contributed by atoms with Crippen molar-refractivity contribution in [1.29, 1.82) is 0 Å². The summed E-state index contributed by atoms with van der Waals surface area (Å²) in [4.78, 5) is 14.1. The number of rotatable bonds is 5. The Balaban J connectivity index is 1.93. The van der Waals surface area contributed by atoms with Gasteiger partial charge >= 0.3 is 0 Å². The highest BCUT2D eigenvalue weighted by Crippen LogP contribution is 2.41. The second kappa shape index (κ2) is 5.37. The average Bonchev–Trinajstić information content (AvgIpc) is 3.21. The fraction of sp³-hybridized carbons (Fsp3) is 0.533. The number of fused-ring (bicyclic) bond motifs is 1. The molecule has 3 rings (SSSR count). The number of nitrogens with two attached hydrogens (primary N) is 1. The Morgan fingerprint density at radius 1 is 1.45 bits per heavy atom. The highest BCUT2D eigenvalue weighted by Gasteiger charge is 2.33. The van der Waals surface area contributed by atoms with Crippen LogP contribution in [0.4, 0.5) is 11.4 Å².